The lowest BCUT2D eigenvalue weighted by molar-refractivity contribution is 0.266. The lowest BCUT2D eigenvalue weighted by Gasteiger charge is -2.07. The van der Waals surface area contributed by atoms with Gasteiger partial charge in [0, 0.05) is 16.7 Å². The van der Waals surface area contributed by atoms with Crippen LogP contribution in [0.4, 0.5) is 0 Å². The third kappa shape index (κ3) is 3.58. The van der Waals surface area contributed by atoms with Gasteiger partial charge in [0.15, 0.2) is 12.4 Å². The van der Waals surface area contributed by atoms with E-state index in [0.29, 0.717) is 17.5 Å². The second-order valence-corrected chi connectivity index (χ2v) is 6.66. The first-order chi connectivity index (χ1) is 14.9. The Balaban J connectivity index is 1.46. The molecule has 0 aliphatic rings. The molecular formula is C24H18N4O2. The molecule has 0 aliphatic carbocycles. The minimum absolute atomic E-state index is 0.138. The molecule has 2 heterocycles. The lowest BCUT2D eigenvalue weighted by atomic mass is 10.1. The van der Waals surface area contributed by atoms with E-state index in [1.165, 1.54) is 0 Å². The Kier molecular flexibility index (Phi) is 4.79. The molecule has 0 bridgehead atoms. The molecule has 5 rings (SSSR count). The number of aromatic nitrogens is 4. The molecule has 0 saturated heterocycles. The van der Waals surface area contributed by atoms with E-state index in [1.54, 1.807) is 0 Å². The van der Waals surface area contributed by atoms with Gasteiger partial charge in [-0.1, -0.05) is 78.9 Å². The van der Waals surface area contributed by atoms with Gasteiger partial charge < -0.3 is 9.15 Å². The zero-order valence-electron chi connectivity index (χ0n) is 16.0. The molecule has 3 aromatic carbocycles. The van der Waals surface area contributed by atoms with E-state index < -0.39 is 0 Å². The van der Waals surface area contributed by atoms with Crippen molar-refractivity contribution in [3.63, 3.8) is 0 Å². The van der Waals surface area contributed by atoms with Crippen LogP contribution in [0.15, 0.2) is 95.4 Å². The highest BCUT2D eigenvalue weighted by molar-refractivity contribution is 5.77. The molecule has 0 atom stereocenters. The molecule has 0 radical (unpaired) electrons. The Morgan fingerprint density at radius 2 is 1.30 bits per heavy atom. The smallest absolute Gasteiger partial charge is 0.254 e. The van der Waals surface area contributed by atoms with Gasteiger partial charge in [-0.15, -0.1) is 10.2 Å². The van der Waals surface area contributed by atoms with Crippen molar-refractivity contribution in [1.29, 1.82) is 0 Å². The summed E-state index contributed by atoms with van der Waals surface area (Å²) >= 11 is 0. The van der Waals surface area contributed by atoms with Crippen LogP contribution in [0, 0.1) is 0 Å². The molecule has 30 heavy (non-hydrogen) atoms. The first-order valence-electron chi connectivity index (χ1n) is 9.58. The maximum atomic E-state index is 6.16. The maximum Gasteiger partial charge on any atom is 0.254 e. The summed E-state index contributed by atoms with van der Waals surface area (Å²) in [6.07, 6.45) is 0. The van der Waals surface area contributed by atoms with Crippen LogP contribution in [0.3, 0.4) is 0 Å². The van der Waals surface area contributed by atoms with Gasteiger partial charge in [0.25, 0.3) is 5.89 Å². The van der Waals surface area contributed by atoms with Gasteiger partial charge >= 0.3 is 0 Å². The second-order valence-electron chi connectivity index (χ2n) is 6.66. The van der Waals surface area contributed by atoms with Crippen molar-refractivity contribution in [1.82, 2.24) is 20.4 Å². The number of H-pyrrole nitrogens is 1. The number of rotatable bonds is 6. The maximum absolute atomic E-state index is 6.16. The third-order valence-electron chi connectivity index (χ3n) is 4.66. The van der Waals surface area contributed by atoms with Crippen LogP contribution < -0.4 is 4.74 Å². The molecule has 6 nitrogen and oxygen atoms in total. The molecule has 0 fully saturated rings. The van der Waals surface area contributed by atoms with Crippen molar-refractivity contribution < 1.29 is 9.15 Å². The number of nitrogens with one attached hydrogen (secondary N) is 1. The lowest BCUT2D eigenvalue weighted by Crippen LogP contribution is -1.97. The molecule has 0 spiro atoms. The van der Waals surface area contributed by atoms with E-state index in [0.717, 1.165) is 28.1 Å². The highest BCUT2D eigenvalue weighted by Crippen LogP contribution is 2.37. The molecule has 0 aliphatic heterocycles. The van der Waals surface area contributed by atoms with E-state index in [9.17, 15) is 0 Å². The minimum Gasteiger partial charge on any atom is -0.479 e. The van der Waals surface area contributed by atoms with Crippen LogP contribution in [0.5, 0.6) is 5.75 Å². The van der Waals surface area contributed by atoms with Crippen LogP contribution in [0.25, 0.3) is 34.0 Å². The van der Waals surface area contributed by atoms with Crippen LogP contribution in [-0.2, 0) is 6.61 Å². The third-order valence-corrected chi connectivity index (χ3v) is 4.66. The Bertz CT molecular complexity index is 1180. The van der Waals surface area contributed by atoms with Crippen molar-refractivity contribution in [3.8, 4) is 39.7 Å². The fraction of sp³-hybridized carbons (Fsp3) is 0.0417. The average Bonchev–Trinajstić information content (AvgIpc) is 3.47. The zero-order chi connectivity index (χ0) is 20.2. The highest BCUT2D eigenvalue weighted by atomic mass is 16.5. The van der Waals surface area contributed by atoms with Crippen molar-refractivity contribution >= 4 is 0 Å². The molecular weight excluding hydrogens is 376 g/mol. The number of aromatic amines is 1. The predicted molar refractivity (Wildman–Crippen MR) is 114 cm³/mol. The van der Waals surface area contributed by atoms with Gasteiger partial charge in [-0.2, -0.15) is 5.10 Å². The van der Waals surface area contributed by atoms with Gasteiger partial charge in [0.1, 0.15) is 11.4 Å². The zero-order valence-corrected chi connectivity index (χ0v) is 16.0. The Labute approximate surface area is 173 Å². The Morgan fingerprint density at radius 1 is 0.700 bits per heavy atom. The Hall–Kier alpha value is -4.19. The largest absolute Gasteiger partial charge is 0.479 e. The van der Waals surface area contributed by atoms with Crippen molar-refractivity contribution in [3.05, 3.63) is 96.9 Å². The van der Waals surface area contributed by atoms with Gasteiger partial charge in [-0.25, -0.2) is 0 Å². The fourth-order valence-corrected chi connectivity index (χ4v) is 3.21. The molecule has 1 N–H and O–H groups in total. The number of hydrogen-bond acceptors (Lipinski definition) is 5. The minimum atomic E-state index is 0.138. The molecule has 5 aromatic rings. The summed E-state index contributed by atoms with van der Waals surface area (Å²) in [5, 5.41) is 15.9. The van der Waals surface area contributed by atoms with E-state index in [-0.39, 0.29) is 6.61 Å². The summed E-state index contributed by atoms with van der Waals surface area (Å²) in [6.45, 7) is 0.138. The first kappa shape index (κ1) is 17.9. The van der Waals surface area contributed by atoms with E-state index in [4.69, 9.17) is 9.15 Å². The van der Waals surface area contributed by atoms with E-state index in [1.807, 2.05) is 91.0 Å². The SMILES string of the molecule is c1ccc(-c2nnc(COc3c(-c4ccccc4)n[nH]c3-c3ccccc3)o2)cc1. The van der Waals surface area contributed by atoms with Crippen LogP contribution in [0.2, 0.25) is 0 Å². The van der Waals surface area contributed by atoms with E-state index >= 15 is 0 Å². The summed E-state index contributed by atoms with van der Waals surface area (Å²) in [6, 6.07) is 29.5. The molecule has 146 valence electrons. The molecule has 0 unspecified atom stereocenters. The quantitative estimate of drug-likeness (QED) is 0.419. The average molecular weight is 394 g/mol. The Morgan fingerprint density at radius 3 is 1.97 bits per heavy atom. The highest BCUT2D eigenvalue weighted by Gasteiger charge is 2.19. The number of benzene rings is 3. The predicted octanol–water partition coefficient (Wildman–Crippen LogP) is 5.37. The van der Waals surface area contributed by atoms with Gasteiger partial charge in [-0.3, -0.25) is 5.10 Å². The van der Waals surface area contributed by atoms with Crippen molar-refractivity contribution in [2.75, 3.05) is 0 Å². The van der Waals surface area contributed by atoms with Crippen molar-refractivity contribution in [2.45, 2.75) is 6.61 Å². The molecule has 0 saturated carbocycles. The van der Waals surface area contributed by atoms with Crippen molar-refractivity contribution in [2.24, 2.45) is 0 Å². The summed E-state index contributed by atoms with van der Waals surface area (Å²) in [5.41, 5.74) is 4.35. The normalized spacial score (nSPS) is 10.8. The summed E-state index contributed by atoms with van der Waals surface area (Å²) in [5.74, 6) is 1.51. The summed E-state index contributed by atoms with van der Waals surface area (Å²) < 4.78 is 11.9. The molecule has 2 aromatic heterocycles. The van der Waals surface area contributed by atoms with Gasteiger partial charge in [0.05, 0.1) is 0 Å². The van der Waals surface area contributed by atoms with Gasteiger partial charge in [0.2, 0.25) is 5.89 Å². The number of ether oxygens (including phenoxy) is 1. The van der Waals surface area contributed by atoms with Crippen LogP contribution in [0.1, 0.15) is 5.89 Å². The monoisotopic (exact) mass is 394 g/mol. The van der Waals surface area contributed by atoms with Gasteiger partial charge in [-0.05, 0) is 12.1 Å². The second kappa shape index (κ2) is 8.05. The summed E-state index contributed by atoms with van der Waals surface area (Å²) in [7, 11) is 0. The molecule has 0 amide bonds. The number of hydrogen-bond donors (Lipinski definition) is 1. The topological polar surface area (TPSA) is 76.8 Å². The van der Waals surface area contributed by atoms with Crippen LogP contribution >= 0.6 is 0 Å². The van der Waals surface area contributed by atoms with E-state index in [2.05, 4.69) is 20.4 Å². The fourth-order valence-electron chi connectivity index (χ4n) is 3.21. The summed E-state index contributed by atoms with van der Waals surface area (Å²) in [4.78, 5) is 0. The first-order valence-corrected chi connectivity index (χ1v) is 9.58. The standard InChI is InChI=1S/C24H18N4O2/c1-4-10-17(11-5-1)21-23(22(27-26-21)18-12-6-2-7-13-18)29-16-20-25-28-24(30-20)19-14-8-3-9-15-19/h1-15H,16H2,(H,26,27). The number of nitrogens with zero attached hydrogens (tertiary/aromatic N) is 3. The molecule has 6 heteroatoms. The van der Waals surface area contributed by atoms with Crippen LogP contribution in [-0.4, -0.2) is 20.4 Å².